The van der Waals surface area contributed by atoms with Crippen molar-refractivity contribution in [2.24, 2.45) is 11.1 Å². The van der Waals surface area contributed by atoms with Gasteiger partial charge in [-0.15, -0.1) is 0 Å². The molecule has 2 aromatic rings. The van der Waals surface area contributed by atoms with E-state index in [1.54, 1.807) is 20.8 Å². The van der Waals surface area contributed by atoms with Crippen molar-refractivity contribution < 1.29 is 27.6 Å². The smallest absolute Gasteiger partial charge is 0.368 e. The Hall–Kier alpha value is -3.40. The van der Waals surface area contributed by atoms with Gasteiger partial charge in [-0.2, -0.15) is 13.2 Å². The average molecular weight is 521 g/mol. The molecule has 0 aliphatic heterocycles. The van der Waals surface area contributed by atoms with Crippen molar-refractivity contribution in [1.29, 1.82) is 0 Å². The molecule has 10 heteroatoms. The first-order valence-corrected chi connectivity index (χ1v) is 12.0. The number of hydrogen-bond acceptors (Lipinski definition) is 4. The van der Waals surface area contributed by atoms with E-state index in [4.69, 9.17) is 5.73 Å². The maximum absolute atomic E-state index is 12.9. The summed E-state index contributed by atoms with van der Waals surface area (Å²) in [6, 6.07) is 10.0. The lowest BCUT2D eigenvalue weighted by Crippen LogP contribution is -2.69. The van der Waals surface area contributed by atoms with Crippen LogP contribution in [0.1, 0.15) is 60.3 Å². The van der Waals surface area contributed by atoms with E-state index in [0.29, 0.717) is 12.6 Å². The quantitative estimate of drug-likeness (QED) is 0.384. The molecule has 0 bridgehead atoms. The highest BCUT2D eigenvalue weighted by molar-refractivity contribution is 5.98. The standard InChI is InChI=1S/C27H35F3N4O3/c1-6-18-10-11-20(17(2)12-18)14-32-16-26(24(31)37,25(3,4)5)34-22(35)15-33-23(36)19-8-7-9-21(13-19)27(28,29)30/h7-13,32H,6,14-16H2,1-5H3,(H2,31,37)(H,33,36)(H,34,35). The Balaban J connectivity index is 2.11. The summed E-state index contributed by atoms with van der Waals surface area (Å²) in [5, 5.41) is 8.18. The van der Waals surface area contributed by atoms with Gasteiger partial charge in [-0.25, -0.2) is 0 Å². The Morgan fingerprint density at radius 3 is 2.22 bits per heavy atom. The largest absolute Gasteiger partial charge is 0.416 e. The number of nitrogens with one attached hydrogen (secondary N) is 3. The molecular formula is C27H35F3N4O3. The van der Waals surface area contributed by atoms with Gasteiger partial charge >= 0.3 is 6.18 Å². The van der Waals surface area contributed by atoms with Crippen LogP contribution in [0.4, 0.5) is 13.2 Å². The molecule has 0 aliphatic rings. The second kappa shape index (κ2) is 11.8. The van der Waals surface area contributed by atoms with Gasteiger partial charge in [0, 0.05) is 18.7 Å². The first-order chi connectivity index (χ1) is 17.1. The van der Waals surface area contributed by atoms with Crippen LogP contribution in [0.25, 0.3) is 0 Å². The van der Waals surface area contributed by atoms with E-state index in [1.807, 2.05) is 19.1 Å². The highest BCUT2D eigenvalue weighted by Gasteiger charge is 2.48. The molecule has 0 fully saturated rings. The molecule has 2 aromatic carbocycles. The number of amides is 3. The van der Waals surface area contributed by atoms with E-state index in [9.17, 15) is 27.6 Å². The molecule has 1 unspecified atom stereocenters. The fourth-order valence-corrected chi connectivity index (χ4v) is 3.96. The Bertz CT molecular complexity index is 1140. The number of aryl methyl sites for hydroxylation is 2. The van der Waals surface area contributed by atoms with Crippen LogP contribution in [0.5, 0.6) is 0 Å². The Labute approximate surface area is 215 Å². The van der Waals surface area contributed by atoms with Crippen LogP contribution in [-0.4, -0.2) is 36.3 Å². The van der Waals surface area contributed by atoms with E-state index >= 15 is 0 Å². The highest BCUT2D eigenvalue weighted by atomic mass is 19.4. The van der Waals surface area contributed by atoms with Gasteiger partial charge in [0.25, 0.3) is 5.91 Å². The molecule has 0 aliphatic carbocycles. The molecular weight excluding hydrogens is 485 g/mol. The van der Waals surface area contributed by atoms with Gasteiger partial charge in [-0.1, -0.05) is 52.0 Å². The summed E-state index contributed by atoms with van der Waals surface area (Å²) in [4.78, 5) is 37.8. The Kier molecular flexibility index (Phi) is 9.49. The number of benzene rings is 2. The van der Waals surface area contributed by atoms with Crippen LogP contribution in [-0.2, 0) is 28.7 Å². The Morgan fingerprint density at radius 1 is 1.00 bits per heavy atom. The molecule has 2 rings (SSSR count). The fraction of sp³-hybridized carbons (Fsp3) is 0.444. The fourth-order valence-electron chi connectivity index (χ4n) is 3.96. The van der Waals surface area contributed by atoms with Crippen molar-refractivity contribution in [3.05, 3.63) is 70.3 Å². The maximum Gasteiger partial charge on any atom is 0.416 e. The van der Waals surface area contributed by atoms with Crippen molar-refractivity contribution in [1.82, 2.24) is 16.0 Å². The first-order valence-electron chi connectivity index (χ1n) is 12.0. The minimum atomic E-state index is -4.61. The van der Waals surface area contributed by atoms with Crippen molar-refractivity contribution >= 4 is 17.7 Å². The van der Waals surface area contributed by atoms with Gasteiger partial charge in [0.05, 0.1) is 12.1 Å². The number of halogens is 3. The molecule has 0 heterocycles. The van der Waals surface area contributed by atoms with Crippen LogP contribution in [0.3, 0.4) is 0 Å². The maximum atomic E-state index is 12.9. The van der Waals surface area contributed by atoms with Gasteiger partial charge in [0.1, 0.15) is 5.54 Å². The summed E-state index contributed by atoms with van der Waals surface area (Å²) in [5.41, 5.74) is 5.56. The molecule has 0 saturated carbocycles. The third kappa shape index (κ3) is 7.55. The summed E-state index contributed by atoms with van der Waals surface area (Å²) in [6.45, 7) is 9.22. The van der Waals surface area contributed by atoms with Gasteiger partial charge in [-0.05, 0) is 53.6 Å². The van der Waals surface area contributed by atoms with E-state index in [1.165, 1.54) is 11.6 Å². The van der Waals surface area contributed by atoms with E-state index in [2.05, 4.69) is 28.9 Å². The third-order valence-corrected chi connectivity index (χ3v) is 6.44. The van der Waals surface area contributed by atoms with E-state index < -0.39 is 47.0 Å². The summed E-state index contributed by atoms with van der Waals surface area (Å²) >= 11 is 0. The minimum Gasteiger partial charge on any atom is -0.368 e. The average Bonchev–Trinajstić information content (AvgIpc) is 2.81. The second-order valence-electron chi connectivity index (χ2n) is 10.0. The van der Waals surface area contributed by atoms with Gasteiger partial charge in [-0.3, -0.25) is 14.4 Å². The number of hydrogen-bond donors (Lipinski definition) is 4. The lowest BCUT2D eigenvalue weighted by molar-refractivity contribution is -0.137. The van der Waals surface area contributed by atoms with Crippen LogP contribution in [0, 0.1) is 12.3 Å². The molecule has 3 amide bonds. The lowest BCUT2D eigenvalue weighted by Gasteiger charge is -2.43. The predicted octanol–water partition coefficient (Wildman–Crippen LogP) is 3.48. The second-order valence-corrected chi connectivity index (χ2v) is 10.0. The summed E-state index contributed by atoms with van der Waals surface area (Å²) < 4.78 is 38.8. The molecule has 5 N–H and O–H groups in total. The topological polar surface area (TPSA) is 113 Å². The van der Waals surface area contributed by atoms with E-state index in [0.717, 1.165) is 29.7 Å². The van der Waals surface area contributed by atoms with Crippen molar-refractivity contribution in [2.75, 3.05) is 13.1 Å². The number of alkyl halides is 3. The molecule has 7 nitrogen and oxygen atoms in total. The number of rotatable bonds is 10. The summed E-state index contributed by atoms with van der Waals surface area (Å²) in [7, 11) is 0. The lowest BCUT2D eigenvalue weighted by atomic mass is 9.72. The van der Waals surface area contributed by atoms with Crippen molar-refractivity contribution in [3.8, 4) is 0 Å². The van der Waals surface area contributed by atoms with Crippen molar-refractivity contribution in [3.63, 3.8) is 0 Å². The van der Waals surface area contributed by atoms with Crippen LogP contribution in [0.2, 0.25) is 0 Å². The zero-order valence-corrected chi connectivity index (χ0v) is 21.8. The molecule has 202 valence electrons. The normalized spacial score (nSPS) is 13.5. The number of carbonyl (C=O) groups is 3. The monoisotopic (exact) mass is 520 g/mol. The molecule has 0 saturated heterocycles. The highest BCUT2D eigenvalue weighted by Crippen LogP contribution is 2.31. The zero-order valence-electron chi connectivity index (χ0n) is 21.8. The minimum absolute atomic E-state index is 0.0219. The van der Waals surface area contributed by atoms with Gasteiger partial charge < -0.3 is 21.7 Å². The van der Waals surface area contributed by atoms with E-state index in [-0.39, 0.29) is 12.1 Å². The molecule has 1 atom stereocenters. The SMILES string of the molecule is CCc1ccc(CNCC(NC(=O)CNC(=O)c2cccc(C(F)(F)F)c2)(C(N)=O)C(C)(C)C)c(C)c1. The summed E-state index contributed by atoms with van der Waals surface area (Å²) in [5.74, 6) is -2.33. The molecule has 0 spiro atoms. The van der Waals surface area contributed by atoms with Gasteiger partial charge in [0.15, 0.2) is 0 Å². The number of primary amides is 1. The van der Waals surface area contributed by atoms with Crippen LogP contribution in [0.15, 0.2) is 42.5 Å². The third-order valence-electron chi connectivity index (χ3n) is 6.44. The summed E-state index contributed by atoms with van der Waals surface area (Å²) in [6.07, 6.45) is -3.69. The van der Waals surface area contributed by atoms with Crippen LogP contribution < -0.4 is 21.7 Å². The Morgan fingerprint density at radius 2 is 1.68 bits per heavy atom. The molecule has 37 heavy (non-hydrogen) atoms. The van der Waals surface area contributed by atoms with Crippen molar-refractivity contribution in [2.45, 2.75) is 59.3 Å². The zero-order chi connectivity index (χ0) is 28.0. The first kappa shape index (κ1) is 29.8. The van der Waals surface area contributed by atoms with Gasteiger partial charge in [0.2, 0.25) is 11.8 Å². The molecule has 0 radical (unpaired) electrons. The van der Waals surface area contributed by atoms with Crippen LogP contribution >= 0.6 is 0 Å². The predicted molar refractivity (Wildman–Crippen MR) is 136 cm³/mol. The number of nitrogens with two attached hydrogens (primary N) is 1. The number of carbonyl (C=O) groups excluding carboxylic acids is 3. The molecule has 0 aromatic heterocycles.